The minimum atomic E-state index is 0.110. The van der Waals surface area contributed by atoms with Gasteiger partial charge >= 0.3 is 0 Å². The average molecular weight is 230 g/mol. The maximum absolute atomic E-state index is 11.0. The van der Waals surface area contributed by atoms with Gasteiger partial charge in [0.15, 0.2) is 0 Å². The quantitative estimate of drug-likeness (QED) is 0.847. The van der Waals surface area contributed by atoms with Crippen LogP contribution in [0.1, 0.15) is 12.5 Å². The molecule has 1 N–H and O–H groups in total. The van der Waals surface area contributed by atoms with Crippen LogP contribution in [0.4, 0.5) is 0 Å². The fourth-order valence-corrected chi connectivity index (χ4v) is 3.03. The molecule has 1 amide bonds. The Morgan fingerprint density at radius 1 is 1.29 bits per heavy atom. The molecule has 0 spiro atoms. The van der Waals surface area contributed by atoms with Crippen molar-refractivity contribution in [3.05, 3.63) is 35.9 Å². The Labute approximate surface area is 102 Å². The first-order valence-corrected chi connectivity index (χ1v) is 6.27. The molecule has 1 saturated heterocycles. The summed E-state index contributed by atoms with van der Waals surface area (Å²) < 4.78 is 0. The molecule has 1 aromatic rings. The van der Waals surface area contributed by atoms with Crippen LogP contribution in [0.25, 0.3) is 0 Å². The molecule has 2 fully saturated rings. The number of rotatable bonds is 3. The van der Waals surface area contributed by atoms with Crippen molar-refractivity contribution in [1.82, 2.24) is 10.2 Å². The highest BCUT2D eigenvalue weighted by molar-refractivity contribution is 5.73. The molecule has 1 aromatic carbocycles. The number of nitrogens with zero attached hydrogens (tertiary/aromatic N) is 1. The van der Waals surface area contributed by atoms with Crippen molar-refractivity contribution in [3.63, 3.8) is 0 Å². The van der Waals surface area contributed by atoms with Gasteiger partial charge in [-0.25, -0.2) is 0 Å². The first kappa shape index (κ1) is 10.8. The summed E-state index contributed by atoms with van der Waals surface area (Å²) in [6.07, 6.45) is 0. The number of fused-ring (bicyclic) bond motifs is 1. The van der Waals surface area contributed by atoms with Gasteiger partial charge in [-0.2, -0.15) is 0 Å². The lowest BCUT2D eigenvalue weighted by atomic mass is 10.2. The van der Waals surface area contributed by atoms with Crippen LogP contribution in [0.15, 0.2) is 30.3 Å². The van der Waals surface area contributed by atoms with Crippen LogP contribution in [0.2, 0.25) is 0 Å². The van der Waals surface area contributed by atoms with Gasteiger partial charge in [-0.3, -0.25) is 9.69 Å². The van der Waals surface area contributed by atoms with Crippen LogP contribution in [-0.4, -0.2) is 29.9 Å². The molecule has 17 heavy (non-hydrogen) atoms. The van der Waals surface area contributed by atoms with E-state index >= 15 is 0 Å². The van der Waals surface area contributed by atoms with E-state index in [0.717, 1.165) is 19.6 Å². The standard InChI is InChI=1S/C14H18N2O/c1-10(17)15-14-12-8-16(9-13(12)14)7-11-5-3-2-4-6-11/h2-6,12-14H,7-9H2,1H3,(H,15,17)/t12-,13+,14?. The van der Waals surface area contributed by atoms with E-state index in [1.54, 1.807) is 6.92 Å². The Balaban J connectivity index is 1.51. The van der Waals surface area contributed by atoms with Gasteiger partial charge in [0.05, 0.1) is 0 Å². The van der Waals surface area contributed by atoms with Gasteiger partial charge in [0.2, 0.25) is 5.91 Å². The lowest BCUT2D eigenvalue weighted by Crippen LogP contribution is -2.33. The summed E-state index contributed by atoms with van der Waals surface area (Å²) >= 11 is 0. The monoisotopic (exact) mass is 230 g/mol. The predicted molar refractivity (Wildman–Crippen MR) is 66.3 cm³/mol. The summed E-state index contributed by atoms with van der Waals surface area (Å²) in [5.74, 6) is 1.50. The summed E-state index contributed by atoms with van der Waals surface area (Å²) in [6, 6.07) is 11.0. The summed E-state index contributed by atoms with van der Waals surface area (Å²) in [4.78, 5) is 13.5. The molecule has 1 aliphatic carbocycles. The summed E-state index contributed by atoms with van der Waals surface area (Å²) in [5, 5.41) is 3.04. The number of hydrogen-bond acceptors (Lipinski definition) is 2. The zero-order chi connectivity index (χ0) is 11.8. The predicted octanol–water partition coefficient (Wildman–Crippen LogP) is 1.25. The number of carbonyl (C=O) groups is 1. The number of nitrogens with one attached hydrogen (secondary N) is 1. The van der Waals surface area contributed by atoms with Crippen LogP contribution < -0.4 is 5.32 Å². The summed E-state index contributed by atoms with van der Waals surface area (Å²) in [6.45, 7) is 4.91. The molecule has 1 heterocycles. The zero-order valence-corrected chi connectivity index (χ0v) is 10.1. The number of hydrogen-bond donors (Lipinski definition) is 1. The van der Waals surface area contributed by atoms with E-state index in [4.69, 9.17) is 0 Å². The molecule has 3 heteroatoms. The number of benzene rings is 1. The Kier molecular flexibility index (Phi) is 2.63. The Morgan fingerprint density at radius 2 is 1.94 bits per heavy atom. The largest absolute Gasteiger partial charge is 0.353 e. The number of carbonyl (C=O) groups excluding carboxylic acids is 1. The van der Waals surface area contributed by atoms with E-state index in [9.17, 15) is 4.79 Å². The number of likely N-dealkylation sites (tertiary alicyclic amines) is 1. The second-order valence-electron chi connectivity index (χ2n) is 5.23. The average Bonchev–Trinajstić information content (AvgIpc) is 2.74. The van der Waals surface area contributed by atoms with E-state index in [1.165, 1.54) is 5.56 Å². The SMILES string of the molecule is CC(=O)NC1[C@H]2CN(Cc3ccccc3)C[C@@H]12. The second-order valence-corrected chi connectivity index (χ2v) is 5.23. The molecule has 3 atom stereocenters. The highest BCUT2D eigenvalue weighted by Crippen LogP contribution is 2.45. The Bertz CT molecular complexity index is 405. The molecule has 3 rings (SSSR count). The van der Waals surface area contributed by atoms with Crippen molar-refractivity contribution in [2.24, 2.45) is 11.8 Å². The molecule has 1 aliphatic heterocycles. The third-order valence-corrected chi connectivity index (χ3v) is 3.89. The van der Waals surface area contributed by atoms with Gasteiger partial charge in [0.25, 0.3) is 0 Å². The van der Waals surface area contributed by atoms with Crippen molar-refractivity contribution < 1.29 is 4.79 Å². The van der Waals surface area contributed by atoms with Crippen molar-refractivity contribution in [2.45, 2.75) is 19.5 Å². The summed E-state index contributed by atoms with van der Waals surface area (Å²) in [5.41, 5.74) is 1.38. The van der Waals surface area contributed by atoms with Crippen molar-refractivity contribution in [2.75, 3.05) is 13.1 Å². The maximum Gasteiger partial charge on any atom is 0.217 e. The molecule has 0 bridgehead atoms. The van der Waals surface area contributed by atoms with E-state index in [1.807, 2.05) is 0 Å². The molecular weight excluding hydrogens is 212 g/mol. The lowest BCUT2D eigenvalue weighted by Gasteiger charge is -2.19. The van der Waals surface area contributed by atoms with Gasteiger partial charge in [0, 0.05) is 32.6 Å². The van der Waals surface area contributed by atoms with Crippen molar-refractivity contribution in [1.29, 1.82) is 0 Å². The molecule has 0 radical (unpaired) electrons. The smallest absolute Gasteiger partial charge is 0.217 e. The van der Waals surface area contributed by atoms with Crippen LogP contribution >= 0.6 is 0 Å². The normalized spacial score (nSPS) is 31.0. The zero-order valence-electron chi connectivity index (χ0n) is 10.1. The maximum atomic E-state index is 11.0. The second kappa shape index (κ2) is 4.15. The third-order valence-electron chi connectivity index (χ3n) is 3.89. The molecule has 3 nitrogen and oxygen atoms in total. The summed E-state index contributed by atoms with van der Waals surface area (Å²) in [7, 11) is 0. The Morgan fingerprint density at radius 3 is 2.53 bits per heavy atom. The topological polar surface area (TPSA) is 32.3 Å². The van der Waals surface area contributed by atoms with Crippen LogP contribution in [-0.2, 0) is 11.3 Å². The van der Waals surface area contributed by atoms with E-state index in [0.29, 0.717) is 17.9 Å². The van der Waals surface area contributed by atoms with Crippen LogP contribution in [0.5, 0.6) is 0 Å². The van der Waals surface area contributed by atoms with Crippen LogP contribution in [0, 0.1) is 11.8 Å². The van der Waals surface area contributed by atoms with Gasteiger partial charge in [-0.05, 0) is 17.4 Å². The minimum Gasteiger partial charge on any atom is -0.353 e. The fraction of sp³-hybridized carbons (Fsp3) is 0.500. The highest BCUT2D eigenvalue weighted by Gasteiger charge is 2.55. The molecule has 1 unspecified atom stereocenters. The number of amides is 1. The fourth-order valence-electron chi connectivity index (χ4n) is 3.03. The van der Waals surface area contributed by atoms with E-state index < -0.39 is 0 Å². The first-order chi connectivity index (χ1) is 8.24. The Hall–Kier alpha value is -1.35. The highest BCUT2D eigenvalue weighted by atomic mass is 16.1. The molecular formula is C14H18N2O. The van der Waals surface area contributed by atoms with E-state index in [-0.39, 0.29) is 5.91 Å². The molecule has 1 saturated carbocycles. The molecule has 90 valence electrons. The third kappa shape index (κ3) is 2.20. The minimum absolute atomic E-state index is 0.110. The van der Waals surface area contributed by atoms with Gasteiger partial charge in [0.1, 0.15) is 0 Å². The van der Waals surface area contributed by atoms with E-state index in [2.05, 4.69) is 40.5 Å². The van der Waals surface area contributed by atoms with Gasteiger partial charge < -0.3 is 5.32 Å². The van der Waals surface area contributed by atoms with Crippen molar-refractivity contribution in [3.8, 4) is 0 Å². The van der Waals surface area contributed by atoms with Crippen LogP contribution in [0.3, 0.4) is 0 Å². The molecule has 0 aromatic heterocycles. The van der Waals surface area contributed by atoms with Gasteiger partial charge in [-0.15, -0.1) is 0 Å². The first-order valence-electron chi connectivity index (χ1n) is 6.27. The van der Waals surface area contributed by atoms with Gasteiger partial charge in [-0.1, -0.05) is 30.3 Å². The molecule has 2 aliphatic rings. The van der Waals surface area contributed by atoms with Crippen molar-refractivity contribution >= 4 is 5.91 Å². The number of piperidine rings is 1. The lowest BCUT2D eigenvalue weighted by molar-refractivity contribution is -0.119.